The standard InChI is InChI=1S/C21H31N3O3/c1-5-24-16(2)18(12-22-24)14-23(15-20-7-6-10-27-20)13-17-8-9-19(25-3)11-21(17)26-4/h8-9,11-12,20H,5-7,10,13-15H2,1-4H3/t20-/m1/s1. The third-order valence-electron chi connectivity index (χ3n) is 5.27. The molecule has 1 fully saturated rings. The molecule has 0 bridgehead atoms. The van der Waals surface area contributed by atoms with Crippen molar-refractivity contribution in [1.82, 2.24) is 14.7 Å². The Labute approximate surface area is 162 Å². The van der Waals surface area contributed by atoms with E-state index in [-0.39, 0.29) is 0 Å². The monoisotopic (exact) mass is 373 g/mol. The highest BCUT2D eigenvalue weighted by molar-refractivity contribution is 5.40. The lowest BCUT2D eigenvalue weighted by Gasteiger charge is -2.26. The first kappa shape index (κ1) is 19.7. The molecule has 0 spiro atoms. The van der Waals surface area contributed by atoms with Gasteiger partial charge in [-0.2, -0.15) is 5.10 Å². The zero-order valence-electron chi connectivity index (χ0n) is 16.9. The highest BCUT2D eigenvalue weighted by Crippen LogP contribution is 2.27. The average molecular weight is 373 g/mol. The summed E-state index contributed by atoms with van der Waals surface area (Å²) in [5.74, 6) is 1.66. The molecule has 2 aromatic rings. The quantitative estimate of drug-likeness (QED) is 0.674. The molecular formula is C21H31N3O3. The maximum absolute atomic E-state index is 5.89. The van der Waals surface area contributed by atoms with Gasteiger partial charge in [-0.15, -0.1) is 0 Å². The normalized spacial score (nSPS) is 16.9. The number of rotatable bonds is 9. The molecule has 1 aromatic carbocycles. The number of methoxy groups -OCH3 is 2. The van der Waals surface area contributed by atoms with E-state index in [4.69, 9.17) is 14.2 Å². The fourth-order valence-electron chi connectivity index (χ4n) is 3.68. The van der Waals surface area contributed by atoms with Crippen molar-refractivity contribution < 1.29 is 14.2 Å². The second-order valence-corrected chi connectivity index (χ2v) is 7.05. The molecular weight excluding hydrogens is 342 g/mol. The van der Waals surface area contributed by atoms with Crippen LogP contribution in [-0.4, -0.2) is 48.2 Å². The van der Waals surface area contributed by atoms with Gasteiger partial charge in [-0.05, 0) is 32.8 Å². The Bertz CT molecular complexity index is 738. The van der Waals surface area contributed by atoms with Crippen molar-refractivity contribution in [3.05, 3.63) is 41.2 Å². The Balaban J connectivity index is 1.79. The van der Waals surface area contributed by atoms with Crippen LogP contribution in [0.2, 0.25) is 0 Å². The van der Waals surface area contributed by atoms with Gasteiger partial charge in [0, 0.05) is 55.7 Å². The van der Waals surface area contributed by atoms with Crippen LogP contribution in [0.4, 0.5) is 0 Å². The number of aromatic nitrogens is 2. The fourth-order valence-corrected chi connectivity index (χ4v) is 3.68. The van der Waals surface area contributed by atoms with Crippen molar-refractivity contribution >= 4 is 0 Å². The molecule has 0 unspecified atom stereocenters. The molecule has 0 saturated carbocycles. The van der Waals surface area contributed by atoms with Crippen molar-refractivity contribution in [1.29, 1.82) is 0 Å². The number of benzene rings is 1. The van der Waals surface area contributed by atoms with Crippen LogP contribution in [0, 0.1) is 6.92 Å². The summed E-state index contributed by atoms with van der Waals surface area (Å²) in [4.78, 5) is 2.43. The molecule has 1 aliphatic heterocycles. The van der Waals surface area contributed by atoms with E-state index in [0.717, 1.165) is 62.7 Å². The molecule has 6 heteroatoms. The summed E-state index contributed by atoms with van der Waals surface area (Å²) in [5.41, 5.74) is 3.65. The number of hydrogen-bond donors (Lipinski definition) is 0. The molecule has 2 heterocycles. The molecule has 0 aliphatic carbocycles. The summed E-state index contributed by atoms with van der Waals surface area (Å²) in [5, 5.41) is 4.50. The number of aryl methyl sites for hydroxylation is 1. The Kier molecular flexibility index (Phi) is 6.74. The predicted molar refractivity (Wildman–Crippen MR) is 105 cm³/mol. The van der Waals surface area contributed by atoms with Crippen LogP contribution in [0.5, 0.6) is 11.5 Å². The Morgan fingerprint density at radius 1 is 1.22 bits per heavy atom. The van der Waals surface area contributed by atoms with Crippen LogP contribution in [0.3, 0.4) is 0 Å². The van der Waals surface area contributed by atoms with Crippen molar-refractivity contribution in [2.24, 2.45) is 0 Å². The van der Waals surface area contributed by atoms with E-state index < -0.39 is 0 Å². The molecule has 0 N–H and O–H groups in total. The zero-order valence-corrected chi connectivity index (χ0v) is 16.9. The van der Waals surface area contributed by atoms with Gasteiger partial charge in [0.25, 0.3) is 0 Å². The van der Waals surface area contributed by atoms with Gasteiger partial charge < -0.3 is 14.2 Å². The Morgan fingerprint density at radius 3 is 2.67 bits per heavy atom. The average Bonchev–Trinajstić information content (AvgIpc) is 3.32. The lowest BCUT2D eigenvalue weighted by molar-refractivity contribution is 0.0675. The SMILES string of the molecule is CCn1ncc(CN(Cc2ccc(OC)cc2OC)C[C@H]2CCCO2)c1C. The Morgan fingerprint density at radius 2 is 2.04 bits per heavy atom. The van der Waals surface area contributed by atoms with Crippen LogP contribution in [0.1, 0.15) is 36.6 Å². The highest BCUT2D eigenvalue weighted by Gasteiger charge is 2.22. The summed E-state index contributed by atoms with van der Waals surface area (Å²) < 4.78 is 18.9. The summed E-state index contributed by atoms with van der Waals surface area (Å²) in [6.45, 7) is 8.58. The molecule has 0 radical (unpaired) electrons. The van der Waals surface area contributed by atoms with Crippen molar-refractivity contribution in [3.8, 4) is 11.5 Å². The predicted octanol–water partition coefficient (Wildman–Crippen LogP) is 3.41. The van der Waals surface area contributed by atoms with Crippen LogP contribution >= 0.6 is 0 Å². The molecule has 1 aliphatic rings. The van der Waals surface area contributed by atoms with Crippen LogP contribution in [0.15, 0.2) is 24.4 Å². The van der Waals surface area contributed by atoms with Crippen molar-refractivity contribution in [2.45, 2.75) is 52.4 Å². The smallest absolute Gasteiger partial charge is 0.127 e. The van der Waals surface area contributed by atoms with Gasteiger partial charge in [-0.3, -0.25) is 9.58 Å². The topological polar surface area (TPSA) is 48.8 Å². The van der Waals surface area contributed by atoms with E-state index in [2.05, 4.69) is 29.9 Å². The molecule has 1 saturated heterocycles. The van der Waals surface area contributed by atoms with Gasteiger partial charge in [0.1, 0.15) is 11.5 Å². The minimum atomic E-state index is 0.302. The maximum Gasteiger partial charge on any atom is 0.127 e. The van der Waals surface area contributed by atoms with E-state index in [9.17, 15) is 0 Å². The van der Waals surface area contributed by atoms with Gasteiger partial charge in [0.05, 0.1) is 26.5 Å². The van der Waals surface area contributed by atoms with Crippen LogP contribution in [0.25, 0.3) is 0 Å². The number of hydrogen-bond acceptors (Lipinski definition) is 5. The van der Waals surface area contributed by atoms with Crippen molar-refractivity contribution in [2.75, 3.05) is 27.4 Å². The minimum Gasteiger partial charge on any atom is -0.497 e. The number of ether oxygens (including phenoxy) is 3. The number of nitrogens with zero attached hydrogens (tertiary/aromatic N) is 3. The van der Waals surface area contributed by atoms with Crippen LogP contribution < -0.4 is 9.47 Å². The third kappa shape index (κ3) is 4.82. The first-order valence-electron chi connectivity index (χ1n) is 9.70. The molecule has 148 valence electrons. The second kappa shape index (κ2) is 9.24. The summed E-state index contributed by atoms with van der Waals surface area (Å²) in [7, 11) is 3.38. The first-order chi connectivity index (χ1) is 13.1. The third-order valence-corrected chi connectivity index (χ3v) is 5.27. The zero-order chi connectivity index (χ0) is 19.2. The van der Waals surface area contributed by atoms with Gasteiger partial charge in [0.2, 0.25) is 0 Å². The van der Waals surface area contributed by atoms with Gasteiger partial charge in [-0.1, -0.05) is 6.07 Å². The largest absolute Gasteiger partial charge is 0.497 e. The highest BCUT2D eigenvalue weighted by atomic mass is 16.5. The van der Waals surface area contributed by atoms with E-state index >= 15 is 0 Å². The van der Waals surface area contributed by atoms with E-state index in [1.54, 1.807) is 14.2 Å². The lowest BCUT2D eigenvalue weighted by atomic mass is 10.1. The molecule has 3 rings (SSSR count). The second-order valence-electron chi connectivity index (χ2n) is 7.05. The first-order valence-corrected chi connectivity index (χ1v) is 9.70. The summed E-state index contributed by atoms with van der Waals surface area (Å²) in [6.07, 6.45) is 4.57. The molecule has 27 heavy (non-hydrogen) atoms. The lowest BCUT2D eigenvalue weighted by Crippen LogP contribution is -2.31. The van der Waals surface area contributed by atoms with Crippen molar-refractivity contribution in [3.63, 3.8) is 0 Å². The van der Waals surface area contributed by atoms with E-state index in [0.29, 0.717) is 6.10 Å². The molecule has 0 amide bonds. The Hall–Kier alpha value is -2.05. The molecule has 1 atom stereocenters. The van der Waals surface area contributed by atoms with E-state index in [1.807, 2.05) is 23.0 Å². The van der Waals surface area contributed by atoms with Gasteiger partial charge >= 0.3 is 0 Å². The van der Waals surface area contributed by atoms with Gasteiger partial charge in [0.15, 0.2) is 0 Å². The molecule has 6 nitrogen and oxygen atoms in total. The fraction of sp³-hybridized carbons (Fsp3) is 0.571. The van der Waals surface area contributed by atoms with Gasteiger partial charge in [-0.25, -0.2) is 0 Å². The summed E-state index contributed by atoms with van der Waals surface area (Å²) >= 11 is 0. The minimum absolute atomic E-state index is 0.302. The maximum atomic E-state index is 5.89. The van der Waals surface area contributed by atoms with Crippen LogP contribution in [-0.2, 0) is 24.4 Å². The van der Waals surface area contributed by atoms with E-state index in [1.165, 1.54) is 11.3 Å². The summed E-state index contributed by atoms with van der Waals surface area (Å²) in [6, 6.07) is 6.02. The molecule has 1 aromatic heterocycles.